The summed E-state index contributed by atoms with van der Waals surface area (Å²) in [5.41, 5.74) is 2.58. The molecule has 1 aromatic heterocycles. The Balaban J connectivity index is 1.70. The molecule has 0 spiro atoms. The van der Waals surface area contributed by atoms with Gasteiger partial charge in [0.15, 0.2) is 5.16 Å². The Labute approximate surface area is 212 Å². The Bertz CT molecular complexity index is 1450. The maximum Gasteiger partial charge on any atom is 0.269 e. The number of nitrogens with zero attached hydrogens (tertiary/aromatic N) is 3. The number of aryl methyl sites for hydroxylation is 1. The molecular formula is C27H26N4O4S. The normalized spacial score (nSPS) is 10.9. The molecule has 0 aliphatic heterocycles. The summed E-state index contributed by atoms with van der Waals surface area (Å²) >= 11 is 1.34. The Kier molecular flexibility index (Phi) is 8.12. The van der Waals surface area contributed by atoms with Crippen molar-refractivity contribution in [1.82, 2.24) is 14.9 Å². The van der Waals surface area contributed by atoms with Gasteiger partial charge in [0.1, 0.15) is 0 Å². The van der Waals surface area contributed by atoms with E-state index in [1.54, 1.807) is 28.8 Å². The molecule has 0 fully saturated rings. The van der Waals surface area contributed by atoms with Crippen LogP contribution in [0.1, 0.15) is 34.8 Å². The van der Waals surface area contributed by atoms with E-state index >= 15 is 0 Å². The molecule has 1 N–H and O–H groups in total. The third kappa shape index (κ3) is 5.98. The van der Waals surface area contributed by atoms with Crippen LogP contribution in [-0.4, -0.2) is 26.9 Å². The van der Waals surface area contributed by atoms with Gasteiger partial charge in [0.25, 0.3) is 17.2 Å². The van der Waals surface area contributed by atoms with Crippen LogP contribution in [0, 0.1) is 10.1 Å². The number of fused-ring (bicyclic) bond motifs is 1. The van der Waals surface area contributed by atoms with Gasteiger partial charge in [0.05, 0.1) is 15.8 Å². The standard InChI is InChI=1S/C27H26N4O4S/c1-2-14-28-25(32)21-11-12-23-24(17-21)29-27(36-18-20-9-6-10-22(16-20)31(34)35)30(26(23)33)15-13-19-7-4-3-5-8-19/h3-12,16-17H,2,13-15,18H2,1H3,(H,28,32). The minimum Gasteiger partial charge on any atom is -0.352 e. The largest absolute Gasteiger partial charge is 0.352 e. The summed E-state index contributed by atoms with van der Waals surface area (Å²) in [6.45, 7) is 2.97. The molecule has 1 heterocycles. The van der Waals surface area contributed by atoms with Crippen molar-refractivity contribution < 1.29 is 9.72 Å². The Morgan fingerprint density at radius 1 is 1.06 bits per heavy atom. The van der Waals surface area contributed by atoms with Crippen LogP contribution in [0.25, 0.3) is 10.9 Å². The van der Waals surface area contributed by atoms with Crippen molar-refractivity contribution in [1.29, 1.82) is 0 Å². The lowest BCUT2D eigenvalue weighted by Gasteiger charge is -2.14. The number of hydrogen-bond donors (Lipinski definition) is 1. The van der Waals surface area contributed by atoms with Crippen LogP contribution in [0.2, 0.25) is 0 Å². The molecule has 1 amide bonds. The summed E-state index contributed by atoms with van der Waals surface area (Å²) in [5, 5.41) is 14.9. The number of aromatic nitrogens is 2. The van der Waals surface area contributed by atoms with E-state index in [0.29, 0.717) is 46.9 Å². The second-order valence-electron chi connectivity index (χ2n) is 8.29. The first kappa shape index (κ1) is 25.1. The fraction of sp³-hybridized carbons (Fsp3) is 0.222. The molecule has 9 heteroatoms. The van der Waals surface area contributed by atoms with Gasteiger partial charge in [-0.05, 0) is 42.2 Å². The van der Waals surface area contributed by atoms with Gasteiger partial charge in [-0.25, -0.2) is 4.98 Å². The Morgan fingerprint density at radius 3 is 2.58 bits per heavy atom. The van der Waals surface area contributed by atoms with Crippen LogP contribution in [0.15, 0.2) is 82.7 Å². The molecule has 0 bridgehead atoms. The minimum absolute atomic E-state index is 0.0174. The zero-order valence-electron chi connectivity index (χ0n) is 19.8. The predicted molar refractivity (Wildman–Crippen MR) is 141 cm³/mol. The maximum absolute atomic E-state index is 13.5. The number of benzene rings is 3. The predicted octanol–water partition coefficient (Wildman–Crippen LogP) is 4.98. The summed E-state index contributed by atoms with van der Waals surface area (Å²) < 4.78 is 1.65. The lowest BCUT2D eigenvalue weighted by Crippen LogP contribution is -2.26. The van der Waals surface area contributed by atoms with Crippen molar-refractivity contribution in [2.24, 2.45) is 0 Å². The summed E-state index contributed by atoms with van der Waals surface area (Å²) in [5.74, 6) is 0.196. The van der Waals surface area contributed by atoms with E-state index in [1.807, 2.05) is 43.3 Å². The van der Waals surface area contributed by atoms with Crippen molar-refractivity contribution >= 4 is 34.3 Å². The first-order valence-electron chi connectivity index (χ1n) is 11.7. The molecule has 0 saturated heterocycles. The third-order valence-electron chi connectivity index (χ3n) is 5.67. The van der Waals surface area contributed by atoms with Crippen LogP contribution in [0.3, 0.4) is 0 Å². The van der Waals surface area contributed by atoms with Gasteiger partial charge in [0, 0.05) is 36.5 Å². The number of carbonyl (C=O) groups excluding carboxylic acids is 1. The van der Waals surface area contributed by atoms with Gasteiger partial charge in [-0.2, -0.15) is 0 Å². The number of nitro groups is 1. The summed E-state index contributed by atoms with van der Waals surface area (Å²) in [6.07, 6.45) is 1.47. The maximum atomic E-state index is 13.5. The molecule has 0 aliphatic rings. The van der Waals surface area contributed by atoms with Gasteiger partial charge in [-0.15, -0.1) is 0 Å². The lowest BCUT2D eigenvalue weighted by atomic mass is 10.1. The second kappa shape index (κ2) is 11.6. The lowest BCUT2D eigenvalue weighted by molar-refractivity contribution is -0.384. The molecule has 4 rings (SSSR count). The number of amides is 1. The van der Waals surface area contributed by atoms with Crippen LogP contribution >= 0.6 is 11.8 Å². The topological polar surface area (TPSA) is 107 Å². The zero-order chi connectivity index (χ0) is 25.5. The summed E-state index contributed by atoms with van der Waals surface area (Å²) in [4.78, 5) is 41.4. The van der Waals surface area contributed by atoms with Crippen LogP contribution in [0.4, 0.5) is 5.69 Å². The monoisotopic (exact) mass is 502 g/mol. The molecule has 36 heavy (non-hydrogen) atoms. The highest BCUT2D eigenvalue weighted by Crippen LogP contribution is 2.25. The number of hydrogen-bond acceptors (Lipinski definition) is 6. The van der Waals surface area contributed by atoms with E-state index in [9.17, 15) is 19.7 Å². The average molecular weight is 503 g/mol. The van der Waals surface area contributed by atoms with Crippen LogP contribution < -0.4 is 10.9 Å². The van der Waals surface area contributed by atoms with E-state index in [-0.39, 0.29) is 17.2 Å². The Morgan fingerprint density at radius 2 is 1.83 bits per heavy atom. The van der Waals surface area contributed by atoms with E-state index in [4.69, 9.17) is 4.98 Å². The first-order valence-corrected chi connectivity index (χ1v) is 12.7. The molecule has 4 aromatic rings. The zero-order valence-corrected chi connectivity index (χ0v) is 20.7. The highest BCUT2D eigenvalue weighted by Gasteiger charge is 2.15. The molecule has 0 aliphatic carbocycles. The van der Waals surface area contributed by atoms with E-state index < -0.39 is 4.92 Å². The number of nitrogens with one attached hydrogen (secondary N) is 1. The van der Waals surface area contributed by atoms with Crippen molar-refractivity contribution in [3.8, 4) is 0 Å². The molecule has 184 valence electrons. The number of rotatable bonds is 10. The smallest absolute Gasteiger partial charge is 0.269 e. The van der Waals surface area contributed by atoms with Crippen molar-refractivity contribution in [3.63, 3.8) is 0 Å². The quantitative estimate of drug-likeness (QED) is 0.142. The number of carbonyl (C=O) groups is 1. The highest BCUT2D eigenvalue weighted by atomic mass is 32.2. The fourth-order valence-corrected chi connectivity index (χ4v) is 4.75. The van der Waals surface area contributed by atoms with Gasteiger partial charge in [-0.3, -0.25) is 24.3 Å². The fourth-order valence-electron chi connectivity index (χ4n) is 3.78. The SMILES string of the molecule is CCCNC(=O)c1ccc2c(=O)n(CCc3ccccc3)c(SCc3cccc([N+](=O)[O-])c3)nc2c1. The number of nitro benzene ring substituents is 1. The van der Waals surface area contributed by atoms with Crippen molar-refractivity contribution in [2.45, 2.75) is 37.2 Å². The molecule has 8 nitrogen and oxygen atoms in total. The van der Waals surface area contributed by atoms with Crippen molar-refractivity contribution in [2.75, 3.05) is 6.54 Å². The highest BCUT2D eigenvalue weighted by molar-refractivity contribution is 7.98. The number of thioether (sulfide) groups is 1. The van der Waals surface area contributed by atoms with E-state index in [0.717, 1.165) is 17.5 Å². The van der Waals surface area contributed by atoms with Gasteiger partial charge >= 0.3 is 0 Å². The van der Waals surface area contributed by atoms with Gasteiger partial charge < -0.3 is 5.32 Å². The molecule has 0 radical (unpaired) electrons. The van der Waals surface area contributed by atoms with Crippen LogP contribution in [-0.2, 0) is 18.7 Å². The Hall–Kier alpha value is -3.98. The van der Waals surface area contributed by atoms with E-state index in [2.05, 4.69) is 5.32 Å². The van der Waals surface area contributed by atoms with Gasteiger partial charge in [-0.1, -0.05) is 61.2 Å². The van der Waals surface area contributed by atoms with E-state index in [1.165, 1.54) is 23.9 Å². The molecule has 0 atom stereocenters. The average Bonchev–Trinajstić information content (AvgIpc) is 2.90. The summed E-state index contributed by atoms with van der Waals surface area (Å²) in [6, 6.07) is 21.2. The molecular weight excluding hydrogens is 476 g/mol. The molecule has 3 aromatic carbocycles. The summed E-state index contributed by atoms with van der Waals surface area (Å²) in [7, 11) is 0. The first-order chi connectivity index (χ1) is 17.5. The number of non-ortho nitro benzene ring substituents is 1. The van der Waals surface area contributed by atoms with Crippen molar-refractivity contribution in [3.05, 3.63) is 110 Å². The minimum atomic E-state index is -0.427. The third-order valence-corrected chi connectivity index (χ3v) is 6.72. The van der Waals surface area contributed by atoms with Crippen LogP contribution in [0.5, 0.6) is 0 Å². The second-order valence-corrected chi connectivity index (χ2v) is 9.23. The molecule has 0 saturated carbocycles. The van der Waals surface area contributed by atoms with Gasteiger partial charge in [0.2, 0.25) is 0 Å². The molecule has 0 unspecified atom stereocenters.